The summed E-state index contributed by atoms with van der Waals surface area (Å²) in [6, 6.07) is 7.42. The van der Waals surface area contributed by atoms with Crippen LogP contribution in [0.3, 0.4) is 0 Å². The lowest BCUT2D eigenvalue weighted by molar-refractivity contribution is -0.126. The first-order valence-electron chi connectivity index (χ1n) is 6.59. The van der Waals surface area contributed by atoms with Crippen LogP contribution in [0.25, 0.3) is 0 Å². The first-order chi connectivity index (χ1) is 9.28. The summed E-state index contributed by atoms with van der Waals surface area (Å²) in [6.45, 7) is 5.68. The van der Waals surface area contributed by atoms with Gasteiger partial charge in [-0.2, -0.15) is 0 Å². The van der Waals surface area contributed by atoms with E-state index < -0.39 is 0 Å². The van der Waals surface area contributed by atoms with E-state index in [-0.39, 0.29) is 23.9 Å². The van der Waals surface area contributed by atoms with E-state index in [1.807, 2.05) is 39.0 Å². The summed E-state index contributed by atoms with van der Waals surface area (Å²) >= 11 is 6.01. The monoisotopic (exact) mass is 296 g/mol. The molecule has 0 heterocycles. The fraction of sp³-hybridized carbons (Fsp3) is 0.467. The molecule has 2 amide bonds. The second-order valence-electron chi connectivity index (χ2n) is 5.67. The summed E-state index contributed by atoms with van der Waals surface area (Å²) in [4.78, 5) is 23.2. The number of halogens is 1. The molecule has 1 aromatic carbocycles. The van der Waals surface area contributed by atoms with E-state index in [1.54, 1.807) is 6.07 Å². The molecule has 20 heavy (non-hydrogen) atoms. The minimum atomic E-state index is -0.292. The van der Waals surface area contributed by atoms with E-state index in [9.17, 15) is 9.59 Å². The van der Waals surface area contributed by atoms with Crippen LogP contribution >= 0.6 is 11.6 Å². The molecule has 0 saturated carbocycles. The van der Waals surface area contributed by atoms with Gasteiger partial charge in [-0.1, -0.05) is 29.8 Å². The highest BCUT2D eigenvalue weighted by Crippen LogP contribution is 2.16. The van der Waals surface area contributed by atoms with Crippen molar-refractivity contribution in [3.63, 3.8) is 0 Å². The van der Waals surface area contributed by atoms with Crippen LogP contribution in [0.15, 0.2) is 24.3 Å². The third kappa shape index (κ3) is 6.57. The van der Waals surface area contributed by atoms with Crippen LogP contribution < -0.4 is 10.6 Å². The third-order valence-corrected chi connectivity index (χ3v) is 2.91. The Morgan fingerprint density at radius 3 is 2.40 bits per heavy atom. The minimum absolute atomic E-state index is 0.00136. The predicted molar refractivity (Wildman–Crippen MR) is 80.7 cm³/mol. The number of benzene rings is 1. The van der Waals surface area contributed by atoms with Gasteiger partial charge in [-0.05, 0) is 38.8 Å². The van der Waals surface area contributed by atoms with Gasteiger partial charge in [-0.25, -0.2) is 0 Å². The Labute approximate surface area is 124 Å². The molecule has 0 aliphatic rings. The maximum absolute atomic E-state index is 11.7. The van der Waals surface area contributed by atoms with Crippen molar-refractivity contribution in [1.82, 2.24) is 10.6 Å². The Morgan fingerprint density at radius 1 is 1.15 bits per heavy atom. The Hall–Kier alpha value is -1.55. The largest absolute Gasteiger partial charge is 0.350 e. The zero-order valence-electron chi connectivity index (χ0n) is 12.1. The number of amides is 2. The molecule has 0 spiro atoms. The number of rotatable bonds is 5. The lowest BCUT2D eigenvalue weighted by Gasteiger charge is -2.20. The maximum Gasteiger partial charge on any atom is 0.239 e. The number of hydrogen-bond donors (Lipinski definition) is 2. The molecule has 0 unspecified atom stereocenters. The van der Waals surface area contributed by atoms with Gasteiger partial charge in [0.25, 0.3) is 0 Å². The second kappa shape index (κ2) is 7.29. The van der Waals surface area contributed by atoms with Gasteiger partial charge in [0.05, 0.1) is 6.54 Å². The molecular formula is C15H21ClN2O2. The van der Waals surface area contributed by atoms with Crippen LogP contribution in [0.1, 0.15) is 32.8 Å². The van der Waals surface area contributed by atoms with Gasteiger partial charge >= 0.3 is 0 Å². The molecular weight excluding hydrogens is 276 g/mol. The van der Waals surface area contributed by atoms with Crippen molar-refractivity contribution in [3.8, 4) is 0 Å². The van der Waals surface area contributed by atoms with Crippen molar-refractivity contribution in [2.75, 3.05) is 6.54 Å². The van der Waals surface area contributed by atoms with Crippen molar-refractivity contribution in [2.45, 2.75) is 39.2 Å². The van der Waals surface area contributed by atoms with Gasteiger partial charge in [-0.3, -0.25) is 9.59 Å². The fourth-order valence-corrected chi connectivity index (χ4v) is 1.91. The molecule has 2 N–H and O–H groups in total. The Kier molecular flexibility index (Phi) is 6.02. The second-order valence-corrected chi connectivity index (χ2v) is 6.07. The van der Waals surface area contributed by atoms with Gasteiger partial charge < -0.3 is 10.6 Å². The summed E-state index contributed by atoms with van der Waals surface area (Å²) in [7, 11) is 0. The van der Waals surface area contributed by atoms with E-state index >= 15 is 0 Å². The molecule has 0 radical (unpaired) electrons. The Balaban J connectivity index is 2.31. The zero-order valence-corrected chi connectivity index (χ0v) is 12.9. The molecule has 110 valence electrons. The number of nitrogens with one attached hydrogen (secondary N) is 2. The van der Waals surface area contributed by atoms with Gasteiger partial charge in [0.15, 0.2) is 0 Å². The van der Waals surface area contributed by atoms with E-state index in [4.69, 9.17) is 11.6 Å². The first kappa shape index (κ1) is 16.5. The van der Waals surface area contributed by atoms with Crippen LogP contribution in [0.5, 0.6) is 0 Å². The molecule has 0 bridgehead atoms. The van der Waals surface area contributed by atoms with Crippen LogP contribution in [0.2, 0.25) is 5.02 Å². The van der Waals surface area contributed by atoms with Gasteiger partial charge in [0, 0.05) is 17.0 Å². The topological polar surface area (TPSA) is 58.2 Å². The molecule has 0 saturated heterocycles. The smallest absolute Gasteiger partial charge is 0.239 e. The average Bonchev–Trinajstić information content (AvgIpc) is 2.33. The number of carbonyl (C=O) groups is 2. The van der Waals surface area contributed by atoms with Crippen molar-refractivity contribution < 1.29 is 9.59 Å². The van der Waals surface area contributed by atoms with Gasteiger partial charge in [0.1, 0.15) is 0 Å². The zero-order chi connectivity index (χ0) is 15.2. The molecule has 0 fully saturated rings. The van der Waals surface area contributed by atoms with Gasteiger partial charge in [-0.15, -0.1) is 0 Å². The first-order valence-corrected chi connectivity index (χ1v) is 6.97. The van der Waals surface area contributed by atoms with Crippen molar-refractivity contribution in [1.29, 1.82) is 0 Å². The highest BCUT2D eigenvalue weighted by atomic mass is 35.5. The quantitative estimate of drug-likeness (QED) is 0.876. The lowest BCUT2D eigenvalue weighted by Crippen LogP contribution is -2.45. The van der Waals surface area contributed by atoms with Crippen molar-refractivity contribution >= 4 is 23.4 Å². The van der Waals surface area contributed by atoms with Crippen LogP contribution in [0, 0.1) is 0 Å². The molecule has 0 aliphatic carbocycles. The number of aryl methyl sites for hydroxylation is 1. The van der Waals surface area contributed by atoms with Gasteiger partial charge in [0.2, 0.25) is 11.8 Å². The number of hydrogen-bond acceptors (Lipinski definition) is 2. The summed E-state index contributed by atoms with van der Waals surface area (Å²) in [5.41, 5.74) is 0.641. The van der Waals surface area contributed by atoms with Crippen LogP contribution in [-0.4, -0.2) is 23.9 Å². The van der Waals surface area contributed by atoms with Crippen molar-refractivity contribution in [3.05, 3.63) is 34.9 Å². The van der Waals surface area contributed by atoms with Crippen LogP contribution in [0.4, 0.5) is 0 Å². The molecule has 0 aromatic heterocycles. The summed E-state index contributed by atoms with van der Waals surface area (Å²) < 4.78 is 0. The van der Waals surface area contributed by atoms with E-state index in [1.165, 1.54) is 0 Å². The predicted octanol–water partition coefficient (Wildman–Crippen LogP) is 2.30. The number of carbonyl (C=O) groups excluding carboxylic acids is 2. The van der Waals surface area contributed by atoms with Crippen LogP contribution in [-0.2, 0) is 16.0 Å². The summed E-state index contributed by atoms with van der Waals surface area (Å²) in [5.74, 6) is -0.349. The fourth-order valence-electron chi connectivity index (χ4n) is 1.68. The van der Waals surface area contributed by atoms with E-state index in [0.717, 1.165) is 5.56 Å². The maximum atomic E-state index is 11.7. The highest BCUT2D eigenvalue weighted by Gasteiger charge is 2.14. The lowest BCUT2D eigenvalue weighted by atomic mass is 10.1. The standard InChI is InChI=1S/C15H21ClN2O2/c1-15(2,3)18-14(20)10-17-13(19)9-8-11-6-4-5-7-12(11)16/h4-7H,8-10H2,1-3H3,(H,17,19)(H,18,20). The minimum Gasteiger partial charge on any atom is -0.350 e. The molecule has 4 nitrogen and oxygen atoms in total. The third-order valence-electron chi connectivity index (χ3n) is 2.54. The summed E-state index contributed by atoms with van der Waals surface area (Å²) in [5, 5.41) is 6.04. The molecule has 0 atom stereocenters. The van der Waals surface area contributed by atoms with E-state index in [2.05, 4.69) is 10.6 Å². The molecule has 5 heteroatoms. The Bertz CT molecular complexity index is 481. The van der Waals surface area contributed by atoms with E-state index in [0.29, 0.717) is 17.9 Å². The molecule has 1 rings (SSSR count). The van der Waals surface area contributed by atoms with Crippen molar-refractivity contribution in [2.24, 2.45) is 0 Å². The average molecular weight is 297 g/mol. The molecule has 0 aliphatic heterocycles. The normalized spacial score (nSPS) is 11.0. The summed E-state index contributed by atoms with van der Waals surface area (Å²) in [6.07, 6.45) is 0.874. The highest BCUT2D eigenvalue weighted by molar-refractivity contribution is 6.31. The Morgan fingerprint density at radius 2 is 1.80 bits per heavy atom. The molecule has 1 aromatic rings. The SMILES string of the molecule is CC(C)(C)NC(=O)CNC(=O)CCc1ccccc1Cl.